The number of aliphatic hydroxyl groups is 1. The number of amides is 8. The minimum Gasteiger partial charge on any atom is -0.458 e. The van der Waals surface area contributed by atoms with Crippen LogP contribution in [0.4, 0.5) is 19.7 Å². The summed E-state index contributed by atoms with van der Waals surface area (Å²) in [4.78, 5) is 122. The van der Waals surface area contributed by atoms with Gasteiger partial charge in [0.25, 0.3) is 17.4 Å². The highest BCUT2D eigenvalue weighted by molar-refractivity contribution is 6.12. The predicted molar refractivity (Wildman–Crippen MR) is 273 cm³/mol. The number of halogens is 1. The van der Waals surface area contributed by atoms with Gasteiger partial charge in [-0.25, -0.2) is 23.8 Å². The molecular weight excluding hydrogens is 986 g/mol. The third-order valence-electron chi connectivity index (χ3n) is 14.4. The van der Waals surface area contributed by atoms with Gasteiger partial charge in [0, 0.05) is 59.9 Å². The number of imide groups is 1. The van der Waals surface area contributed by atoms with Crippen molar-refractivity contribution in [3.8, 4) is 11.4 Å². The number of nitrogens with one attached hydrogen (secondary N) is 5. The third-order valence-corrected chi connectivity index (χ3v) is 14.4. The zero-order chi connectivity index (χ0) is 54.6. The molecule has 0 spiro atoms. The maximum atomic E-state index is 15.5. The third kappa shape index (κ3) is 11.3. The Morgan fingerprint density at radius 2 is 1.70 bits per heavy atom. The molecule has 5 heterocycles. The maximum Gasteiger partial charge on any atom is 0.407 e. The Balaban J connectivity index is 0.906. The van der Waals surface area contributed by atoms with Crippen LogP contribution in [0.5, 0.6) is 0 Å². The van der Waals surface area contributed by atoms with E-state index in [1.54, 1.807) is 58.0 Å². The van der Waals surface area contributed by atoms with Crippen molar-refractivity contribution in [1.29, 1.82) is 0 Å². The number of fused-ring (bicyclic) bond motifs is 5. The van der Waals surface area contributed by atoms with Crippen molar-refractivity contribution in [2.75, 3.05) is 18.4 Å². The van der Waals surface area contributed by atoms with Gasteiger partial charge in [-0.2, -0.15) is 0 Å². The molecule has 4 aliphatic rings. The van der Waals surface area contributed by atoms with Gasteiger partial charge in [-0.05, 0) is 98.2 Å². The molecule has 8 amide bonds. The van der Waals surface area contributed by atoms with Crippen molar-refractivity contribution in [2.24, 2.45) is 11.7 Å². The van der Waals surface area contributed by atoms with Gasteiger partial charge < -0.3 is 51.5 Å². The average molecular weight is 1050 g/mol. The number of carbonyl (C=O) groups is 8. The number of ether oxygens (including phenoxy) is 2. The van der Waals surface area contributed by atoms with Gasteiger partial charge >= 0.3 is 18.1 Å². The number of urea groups is 1. The van der Waals surface area contributed by atoms with E-state index in [0.717, 1.165) is 10.5 Å². The van der Waals surface area contributed by atoms with Crippen LogP contribution >= 0.6 is 0 Å². The Labute approximate surface area is 436 Å². The number of carbonyl (C=O) groups excluding carboxylic acids is 8. The van der Waals surface area contributed by atoms with E-state index in [0.29, 0.717) is 88.8 Å². The van der Waals surface area contributed by atoms with Gasteiger partial charge in [0.15, 0.2) is 5.60 Å². The molecule has 0 saturated carbocycles. The molecule has 3 aliphatic heterocycles. The van der Waals surface area contributed by atoms with Crippen molar-refractivity contribution >= 4 is 64.2 Å². The Bertz CT molecular complexity index is 3100. The molecule has 8 N–H and O–H groups in total. The number of aryl methyl sites for hydroxylation is 1. The number of nitrogens with two attached hydrogens (primary N) is 1. The Hall–Kier alpha value is -8.01. The molecule has 0 saturated heterocycles. The summed E-state index contributed by atoms with van der Waals surface area (Å²) in [6, 6.07) is 5.92. The van der Waals surface area contributed by atoms with Crippen molar-refractivity contribution in [3.63, 3.8) is 0 Å². The van der Waals surface area contributed by atoms with Gasteiger partial charge in [0.05, 0.1) is 35.1 Å². The highest BCUT2D eigenvalue weighted by atomic mass is 19.1. The number of alkyl carbamates (subject to hydrolysis) is 1. The molecule has 0 fully saturated rings. The first-order chi connectivity index (χ1) is 36.3. The predicted octanol–water partition coefficient (Wildman–Crippen LogP) is 4.33. The number of cyclic esters (lactones) is 1. The van der Waals surface area contributed by atoms with E-state index in [-0.39, 0.29) is 93.3 Å². The molecule has 22 heteroatoms. The van der Waals surface area contributed by atoms with Crippen LogP contribution in [0, 0.1) is 18.7 Å². The fraction of sp³-hybridized carbons (Fsp3) is 0.444. The Kier molecular flexibility index (Phi) is 16.3. The second kappa shape index (κ2) is 22.9. The fourth-order valence-electron chi connectivity index (χ4n) is 10.4. The van der Waals surface area contributed by atoms with E-state index in [1.165, 1.54) is 22.8 Å². The van der Waals surface area contributed by atoms with Crippen LogP contribution in [0.1, 0.15) is 124 Å². The summed E-state index contributed by atoms with van der Waals surface area (Å²) >= 11 is 0. The summed E-state index contributed by atoms with van der Waals surface area (Å²) < 4.78 is 27.9. The smallest absolute Gasteiger partial charge is 0.407 e. The van der Waals surface area contributed by atoms with Crippen LogP contribution in [0.15, 0.2) is 53.3 Å². The van der Waals surface area contributed by atoms with E-state index in [1.807, 2.05) is 0 Å². The molecule has 4 aromatic rings. The molecule has 0 bridgehead atoms. The number of rotatable bonds is 21. The SMILES string of the molecule is CCC[C@@]1(O)C(=O)OCc2c1cc1n(c2=O)Cc2c-1nc1cc(F)c(C)c3c1c2[C@@H](NC(=O)OCc1ccc(NC(=O)[C@H](CCCNC(N)=O)NC(=O)[C@@H](NC(=O)CCCCCN2C(=O)C=CC2=O)C(C)C)cc1)CC3. The largest absolute Gasteiger partial charge is 0.458 e. The van der Waals surface area contributed by atoms with Crippen molar-refractivity contribution in [3.05, 3.63) is 104 Å². The highest BCUT2D eigenvalue weighted by Gasteiger charge is 2.46. The summed E-state index contributed by atoms with van der Waals surface area (Å²) in [5, 5.41) is 26.0. The fourth-order valence-corrected chi connectivity index (χ4v) is 10.4. The summed E-state index contributed by atoms with van der Waals surface area (Å²) in [5.41, 5.74) is 7.50. The molecule has 76 heavy (non-hydrogen) atoms. The Morgan fingerprint density at radius 1 is 0.961 bits per heavy atom. The minimum absolute atomic E-state index is 0.0276. The molecular formula is C54H62FN9O12. The number of esters is 1. The number of aromatic nitrogens is 2. The van der Waals surface area contributed by atoms with Gasteiger partial charge in [0.2, 0.25) is 17.7 Å². The molecule has 2 aromatic carbocycles. The van der Waals surface area contributed by atoms with E-state index in [2.05, 4.69) is 26.6 Å². The van der Waals surface area contributed by atoms with Gasteiger partial charge in [-0.3, -0.25) is 33.7 Å². The molecule has 0 radical (unpaired) electrons. The lowest BCUT2D eigenvalue weighted by atomic mass is 9.81. The standard InChI is InChI=1S/C54H62FN9O12/c1-5-20-54(74)35-23-40-47-33(25-64(40)50(70)34(35)27-75-51(54)71)45-37(17-16-32-29(4)36(55)24-39(59-47)44(32)45)61-53(73)76-26-30-12-14-31(15-13-30)58-48(68)38(10-9-21-57-52(56)72)60-49(69)46(28(2)3)62-41(65)11-7-6-8-22-63-42(66)18-19-43(63)67/h12-15,18-19,23-24,28,37-38,46,74H,5-11,16-17,20-22,25-27H2,1-4H3,(H,58,68)(H,60,69)(H,61,73)(H,62,65)(H3,56,57,72)/t37-,38-,46-,54-/m0/s1. The topological polar surface area (TPSA) is 300 Å². The monoisotopic (exact) mass is 1050 g/mol. The van der Waals surface area contributed by atoms with E-state index in [4.69, 9.17) is 20.2 Å². The van der Waals surface area contributed by atoms with Crippen LogP contribution in [0.2, 0.25) is 0 Å². The highest BCUT2D eigenvalue weighted by Crippen LogP contribution is 2.46. The summed E-state index contributed by atoms with van der Waals surface area (Å²) in [6.07, 6.45) is 4.90. The van der Waals surface area contributed by atoms with Crippen LogP contribution in [-0.2, 0) is 70.0 Å². The van der Waals surface area contributed by atoms with Crippen LogP contribution in [0.3, 0.4) is 0 Å². The van der Waals surface area contributed by atoms with Gasteiger partial charge in [-0.15, -0.1) is 0 Å². The first-order valence-electron chi connectivity index (χ1n) is 25.6. The maximum absolute atomic E-state index is 15.5. The number of nitrogens with zero attached hydrogens (tertiary/aromatic N) is 3. The number of hydrogen-bond acceptors (Lipinski definition) is 13. The zero-order valence-electron chi connectivity index (χ0n) is 42.8. The van der Waals surface area contributed by atoms with E-state index < -0.39 is 65.0 Å². The number of unbranched alkanes of at least 4 members (excludes halogenated alkanes) is 2. The van der Waals surface area contributed by atoms with Crippen LogP contribution < -0.4 is 37.9 Å². The number of benzene rings is 2. The number of primary amides is 1. The second-order valence-corrected chi connectivity index (χ2v) is 20.0. The molecule has 2 aromatic heterocycles. The lowest BCUT2D eigenvalue weighted by Gasteiger charge is -2.32. The second-order valence-electron chi connectivity index (χ2n) is 20.0. The first kappa shape index (κ1) is 54.3. The molecule has 4 atom stereocenters. The van der Waals surface area contributed by atoms with Crippen LogP contribution in [0.25, 0.3) is 22.3 Å². The molecule has 8 rings (SSSR count). The van der Waals surface area contributed by atoms with Crippen LogP contribution in [-0.4, -0.2) is 92.4 Å². The van der Waals surface area contributed by atoms with Crippen molar-refractivity contribution in [2.45, 2.75) is 135 Å². The Morgan fingerprint density at radius 3 is 2.39 bits per heavy atom. The minimum atomic E-state index is -2.04. The lowest BCUT2D eigenvalue weighted by Crippen LogP contribution is -2.54. The molecule has 1 aliphatic carbocycles. The van der Waals surface area contributed by atoms with Crippen molar-refractivity contribution < 1.29 is 57.3 Å². The molecule has 0 unspecified atom stereocenters. The summed E-state index contributed by atoms with van der Waals surface area (Å²) in [6.45, 7) is 6.95. The summed E-state index contributed by atoms with van der Waals surface area (Å²) in [7, 11) is 0. The normalized spacial score (nSPS) is 17.9. The average Bonchev–Trinajstić information content (AvgIpc) is 3.97. The van der Waals surface area contributed by atoms with Gasteiger partial charge in [0.1, 0.15) is 31.1 Å². The van der Waals surface area contributed by atoms with E-state index >= 15 is 4.39 Å². The quantitative estimate of drug-likeness (QED) is 0.0306. The van der Waals surface area contributed by atoms with Gasteiger partial charge in [-0.1, -0.05) is 45.7 Å². The molecule has 402 valence electrons. The lowest BCUT2D eigenvalue weighted by molar-refractivity contribution is -0.172. The number of anilines is 1. The number of hydrogen-bond donors (Lipinski definition) is 7. The van der Waals surface area contributed by atoms with Crippen molar-refractivity contribution in [1.82, 2.24) is 35.7 Å². The molecule has 21 nitrogen and oxygen atoms in total. The summed E-state index contributed by atoms with van der Waals surface area (Å²) in [5.74, 6) is -3.95. The zero-order valence-corrected chi connectivity index (χ0v) is 42.8. The van der Waals surface area contributed by atoms with E-state index in [9.17, 15) is 48.3 Å². The first-order valence-corrected chi connectivity index (χ1v) is 25.6. The number of pyridine rings is 2.